The van der Waals surface area contributed by atoms with Crippen molar-refractivity contribution in [2.24, 2.45) is 5.41 Å². The largest absolute Gasteiger partial charge is 0.391 e. The van der Waals surface area contributed by atoms with Gasteiger partial charge >= 0.3 is 0 Å². The van der Waals surface area contributed by atoms with Crippen LogP contribution in [0, 0.1) is 22.5 Å². The van der Waals surface area contributed by atoms with Crippen LogP contribution in [0.2, 0.25) is 0 Å². The quantitative estimate of drug-likeness (QED) is 0.634. The van der Waals surface area contributed by atoms with Gasteiger partial charge in [0.1, 0.15) is 5.69 Å². The van der Waals surface area contributed by atoms with Crippen LogP contribution in [0.15, 0.2) is 18.2 Å². The van der Waals surface area contributed by atoms with Crippen LogP contribution in [-0.2, 0) is 0 Å². The Morgan fingerprint density at radius 1 is 1.42 bits per heavy atom. The van der Waals surface area contributed by atoms with Gasteiger partial charge in [-0.15, -0.1) is 0 Å². The second kappa shape index (κ2) is 6.02. The summed E-state index contributed by atoms with van der Waals surface area (Å²) in [6, 6.07) is 5.13. The van der Waals surface area contributed by atoms with Crippen molar-refractivity contribution in [1.82, 2.24) is 0 Å². The normalized spacial score (nSPS) is 13.1. The van der Waals surface area contributed by atoms with Crippen LogP contribution < -0.4 is 5.32 Å². The number of nitro groups is 1. The number of hydrogen-bond donors (Lipinski definition) is 2. The highest BCUT2D eigenvalue weighted by Gasteiger charge is 2.19. The first-order valence-electron chi connectivity index (χ1n) is 6.36. The number of hydrogen-bond acceptors (Lipinski definition) is 4. The number of nitro benzene ring substituents is 1. The number of aliphatic hydroxyl groups excluding tert-OH is 1. The molecule has 5 nitrogen and oxygen atoms in total. The van der Waals surface area contributed by atoms with Crippen LogP contribution in [-0.4, -0.2) is 22.7 Å². The molecule has 0 aliphatic rings. The summed E-state index contributed by atoms with van der Waals surface area (Å²) in [5.74, 6) is 0. The van der Waals surface area contributed by atoms with Gasteiger partial charge in [-0.3, -0.25) is 10.1 Å². The van der Waals surface area contributed by atoms with Crippen molar-refractivity contribution in [1.29, 1.82) is 0 Å². The molecule has 1 unspecified atom stereocenters. The molecule has 0 aliphatic carbocycles. The fraction of sp³-hybridized carbons (Fsp3) is 0.571. The predicted molar refractivity (Wildman–Crippen MR) is 76.4 cm³/mol. The molecule has 1 rings (SSSR count). The van der Waals surface area contributed by atoms with Gasteiger partial charge in [0.2, 0.25) is 0 Å². The van der Waals surface area contributed by atoms with Crippen molar-refractivity contribution in [3.8, 4) is 0 Å². The molecular weight excluding hydrogens is 244 g/mol. The lowest BCUT2D eigenvalue weighted by atomic mass is 9.89. The predicted octanol–water partition coefficient (Wildman–Crippen LogP) is 3.11. The van der Waals surface area contributed by atoms with Crippen molar-refractivity contribution in [2.45, 2.75) is 40.2 Å². The molecule has 1 aromatic carbocycles. The van der Waals surface area contributed by atoms with E-state index >= 15 is 0 Å². The van der Waals surface area contributed by atoms with Crippen LogP contribution >= 0.6 is 0 Å². The van der Waals surface area contributed by atoms with Crippen molar-refractivity contribution < 1.29 is 10.0 Å². The van der Waals surface area contributed by atoms with Gasteiger partial charge in [0.05, 0.1) is 11.0 Å². The van der Waals surface area contributed by atoms with Crippen LogP contribution in [0.5, 0.6) is 0 Å². The van der Waals surface area contributed by atoms with Gasteiger partial charge in [-0.1, -0.05) is 32.9 Å². The number of nitrogens with one attached hydrogen (secondary N) is 1. The first-order valence-corrected chi connectivity index (χ1v) is 6.36. The Balaban J connectivity index is 2.73. The van der Waals surface area contributed by atoms with Crippen LogP contribution in [0.4, 0.5) is 11.4 Å². The lowest BCUT2D eigenvalue weighted by molar-refractivity contribution is -0.384. The molecule has 0 radical (unpaired) electrons. The Hall–Kier alpha value is -1.62. The van der Waals surface area contributed by atoms with Crippen LogP contribution in [0.1, 0.15) is 32.8 Å². The summed E-state index contributed by atoms with van der Waals surface area (Å²) < 4.78 is 0. The maximum absolute atomic E-state index is 11.0. The lowest BCUT2D eigenvalue weighted by Gasteiger charge is -2.22. The molecule has 0 fully saturated rings. The summed E-state index contributed by atoms with van der Waals surface area (Å²) in [5, 5.41) is 23.9. The highest BCUT2D eigenvalue weighted by Crippen LogP contribution is 2.28. The van der Waals surface area contributed by atoms with Gasteiger partial charge in [0, 0.05) is 12.1 Å². The monoisotopic (exact) mass is 266 g/mol. The highest BCUT2D eigenvalue weighted by atomic mass is 16.6. The molecule has 1 aromatic rings. The number of para-hydroxylation sites is 1. The Bertz CT molecular complexity index is 452. The van der Waals surface area contributed by atoms with E-state index in [0.29, 0.717) is 24.2 Å². The topological polar surface area (TPSA) is 75.4 Å². The van der Waals surface area contributed by atoms with E-state index < -0.39 is 11.0 Å². The summed E-state index contributed by atoms with van der Waals surface area (Å²) in [6.45, 7) is 8.15. The van der Waals surface area contributed by atoms with Crippen molar-refractivity contribution in [3.63, 3.8) is 0 Å². The molecule has 0 bridgehead atoms. The van der Waals surface area contributed by atoms with Crippen LogP contribution in [0.3, 0.4) is 0 Å². The molecule has 0 spiro atoms. The molecule has 0 aliphatic heterocycles. The Morgan fingerprint density at radius 3 is 2.58 bits per heavy atom. The Kier molecular flexibility index (Phi) is 4.89. The standard InChI is InChI=1S/C14H22N2O3/c1-10-6-5-7-12(13(10)16(18)19)15-9-11(17)8-14(2,3)4/h5-7,11,15,17H,8-9H2,1-4H3. The number of benzene rings is 1. The fourth-order valence-electron chi connectivity index (χ4n) is 2.05. The number of aliphatic hydroxyl groups is 1. The molecule has 0 saturated heterocycles. The van der Waals surface area contributed by atoms with Crippen molar-refractivity contribution >= 4 is 11.4 Å². The Morgan fingerprint density at radius 2 is 2.05 bits per heavy atom. The molecule has 19 heavy (non-hydrogen) atoms. The molecule has 0 heterocycles. The van der Waals surface area contributed by atoms with E-state index in [1.807, 2.05) is 20.8 Å². The van der Waals surface area contributed by atoms with E-state index in [4.69, 9.17) is 0 Å². The number of aryl methyl sites for hydroxylation is 1. The molecule has 106 valence electrons. The summed E-state index contributed by atoms with van der Waals surface area (Å²) in [4.78, 5) is 10.6. The third-order valence-corrected chi connectivity index (χ3v) is 2.80. The highest BCUT2D eigenvalue weighted by molar-refractivity contribution is 5.65. The fourth-order valence-corrected chi connectivity index (χ4v) is 2.05. The number of anilines is 1. The van der Waals surface area contributed by atoms with Gasteiger partial charge < -0.3 is 10.4 Å². The van der Waals surface area contributed by atoms with Gasteiger partial charge in [-0.2, -0.15) is 0 Å². The lowest BCUT2D eigenvalue weighted by Crippen LogP contribution is -2.25. The van der Waals surface area contributed by atoms with Gasteiger partial charge in [0.25, 0.3) is 5.69 Å². The zero-order valence-electron chi connectivity index (χ0n) is 11.9. The average molecular weight is 266 g/mol. The minimum absolute atomic E-state index is 0.0274. The summed E-state index contributed by atoms with van der Waals surface area (Å²) in [5.41, 5.74) is 1.17. The molecule has 0 aromatic heterocycles. The summed E-state index contributed by atoms with van der Waals surface area (Å²) in [7, 11) is 0. The molecule has 1 atom stereocenters. The second-order valence-electron chi connectivity index (χ2n) is 6.03. The van der Waals surface area contributed by atoms with E-state index in [2.05, 4.69) is 5.32 Å². The minimum atomic E-state index is -0.528. The smallest absolute Gasteiger partial charge is 0.295 e. The first-order chi connectivity index (χ1) is 8.70. The van der Waals surface area contributed by atoms with Gasteiger partial charge in [-0.05, 0) is 24.8 Å². The summed E-state index contributed by atoms with van der Waals surface area (Å²) in [6.07, 6.45) is 0.111. The molecule has 5 heteroatoms. The maximum Gasteiger partial charge on any atom is 0.295 e. The number of nitrogens with zero attached hydrogens (tertiary/aromatic N) is 1. The molecule has 2 N–H and O–H groups in total. The summed E-state index contributed by atoms with van der Waals surface area (Å²) >= 11 is 0. The Labute approximate surface area is 113 Å². The van der Waals surface area contributed by atoms with Crippen molar-refractivity contribution in [3.05, 3.63) is 33.9 Å². The first kappa shape index (κ1) is 15.4. The zero-order valence-corrected chi connectivity index (χ0v) is 11.9. The zero-order chi connectivity index (χ0) is 14.6. The van der Waals surface area contributed by atoms with E-state index in [0.717, 1.165) is 0 Å². The van der Waals surface area contributed by atoms with E-state index in [1.54, 1.807) is 25.1 Å². The van der Waals surface area contributed by atoms with E-state index in [1.165, 1.54) is 0 Å². The van der Waals surface area contributed by atoms with Crippen LogP contribution in [0.25, 0.3) is 0 Å². The van der Waals surface area contributed by atoms with Gasteiger partial charge in [-0.25, -0.2) is 0 Å². The maximum atomic E-state index is 11.0. The van der Waals surface area contributed by atoms with Gasteiger partial charge in [0.15, 0.2) is 0 Å². The average Bonchev–Trinajstić information content (AvgIpc) is 2.23. The molecular formula is C14H22N2O3. The van der Waals surface area contributed by atoms with E-state index in [9.17, 15) is 15.2 Å². The SMILES string of the molecule is Cc1cccc(NCC(O)CC(C)(C)C)c1[N+](=O)[O-]. The minimum Gasteiger partial charge on any atom is -0.391 e. The molecule has 0 saturated carbocycles. The third-order valence-electron chi connectivity index (χ3n) is 2.80. The van der Waals surface area contributed by atoms with Crippen molar-refractivity contribution in [2.75, 3.05) is 11.9 Å². The third kappa shape index (κ3) is 4.87. The second-order valence-corrected chi connectivity index (χ2v) is 6.03. The molecule has 0 amide bonds. The number of rotatable bonds is 5. The van der Waals surface area contributed by atoms with E-state index in [-0.39, 0.29) is 11.1 Å².